The number of aromatic nitrogens is 2. The second kappa shape index (κ2) is 7.04. The third-order valence-corrected chi connectivity index (χ3v) is 5.56. The summed E-state index contributed by atoms with van der Waals surface area (Å²) in [7, 11) is 0. The Morgan fingerprint density at radius 3 is 2.62 bits per heavy atom. The average Bonchev–Trinajstić information content (AvgIpc) is 3.33. The number of fused-ring (bicyclic) bond motifs is 2. The van der Waals surface area contributed by atoms with Crippen LogP contribution in [0.15, 0.2) is 54.9 Å². The van der Waals surface area contributed by atoms with Gasteiger partial charge in [0.2, 0.25) is 0 Å². The summed E-state index contributed by atoms with van der Waals surface area (Å²) in [6, 6.07) is 13.2. The molecule has 0 saturated heterocycles. The Labute approximate surface area is 165 Å². The molecule has 3 aromatic carbocycles. The van der Waals surface area contributed by atoms with Gasteiger partial charge in [-0.05, 0) is 59.4 Å². The molecule has 2 N–H and O–H groups in total. The van der Waals surface area contributed by atoms with Gasteiger partial charge in [0.15, 0.2) is 0 Å². The van der Waals surface area contributed by atoms with Gasteiger partial charge >= 0.3 is 0 Å². The first-order valence-electron chi connectivity index (χ1n) is 9.49. The summed E-state index contributed by atoms with van der Waals surface area (Å²) < 4.78 is 42.0. The second-order valence-corrected chi connectivity index (χ2v) is 7.45. The van der Waals surface area contributed by atoms with Crippen molar-refractivity contribution in [2.75, 3.05) is 0 Å². The van der Waals surface area contributed by atoms with Crippen molar-refractivity contribution in [2.45, 2.75) is 25.4 Å². The normalized spacial score (nSPS) is 15.8. The van der Waals surface area contributed by atoms with Crippen LogP contribution in [0.4, 0.5) is 13.2 Å². The molecule has 1 heterocycles. The minimum atomic E-state index is -0.558. The maximum atomic E-state index is 14.7. The van der Waals surface area contributed by atoms with Crippen molar-refractivity contribution >= 4 is 11.0 Å². The molecule has 1 unspecified atom stereocenters. The van der Waals surface area contributed by atoms with Crippen LogP contribution in [0.2, 0.25) is 0 Å². The number of rotatable bonds is 4. The molecule has 1 aliphatic rings. The monoisotopic (exact) mass is 393 g/mol. The summed E-state index contributed by atoms with van der Waals surface area (Å²) in [6.07, 6.45) is 2.64. The van der Waals surface area contributed by atoms with Gasteiger partial charge < -0.3 is 10.3 Å². The lowest BCUT2D eigenvalue weighted by Gasteiger charge is -2.13. The lowest BCUT2D eigenvalue weighted by atomic mass is 10.0. The molecule has 0 bridgehead atoms. The Hall–Kier alpha value is -3.12. The molecule has 0 radical (unpaired) electrons. The first-order valence-corrected chi connectivity index (χ1v) is 9.49. The number of aromatic amines is 1. The highest BCUT2D eigenvalue weighted by molar-refractivity contribution is 5.81. The van der Waals surface area contributed by atoms with Crippen molar-refractivity contribution < 1.29 is 13.2 Å². The van der Waals surface area contributed by atoms with Crippen LogP contribution in [-0.4, -0.2) is 16.0 Å². The highest BCUT2D eigenvalue weighted by atomic mass is 19.1. The number of imidazole rings is 1. The Morgan fingerprint density at radius 2 is 1.76 bits per heavy atom. The van der Waals surface area contributed by atoms with Crippen molar-refractivity contribution in [1.82, 2.24) is 15.3 Å². The predicted octanol–water partition coefficient (Wildman–Crippen LogP) is 4.90. The first-order chi connectivity index (χ1) is 14.1. The van der Waals surface area contributed by atoms with Crippen molar-refractivity contribution in [3.63, 3.8) is 0 Å². The van der Waals surface area contributed by atoms with E-state index in [9.17, 15) is 13.2 Å². The van der Waals surface area contributed by atoms with Crippen LogP contribution >= 0.6 is 0 Å². The Kier molecular flexibility index (Phi) is 4.36. The molecule has 0 spiro atoms. The van der Waals surface area contributed by atoms with E-state index in [-0.39, 0.29) is 11.9 Å². The summed E-state index contributed by atoms with van der Waals surface area (Å²) in [5, 5.41) is 3.27. The number of hydrogen-bond donors (Lipinski definition) is 2. The van der Waals surface area contributed by atoms with Crippen LogP contribution in [0.25, 0.3) is 22.2 Å². The fourth-order valence-electron chi connectivity index (χ4n) is 4.04. The molecule has 29 heavy (non-hydrogen) atoms. The zero-order valence-electron chi connectivity index (χ0n) is 15.5. The molecule has 146 valence electrons. The molecular weight excluding hydrogens is 375 g/mol. The summed E-state index contributed by atoms with van der Waals surface area (Å²) >= 11 is 0. The number of nitrogens with zero attached hydrogens (tertiary/aromatic N) is 1. The van der Waals surface area contributed by atoms with E-state index in [1.807, 2.05) is 24.3 Å². The number of nitrogens with one attached hydrogen (secondary N) is 2. The molecule has 6 heteroatoms. The molecule has 1 atom stereocenters. The first kappa shape index (κ1) is 17.9. The third-order valence-electron chi connectivity index (χ3n) is 5.56. The molecule has 0 saturated carbocycles. The van der Waals surface area contributed by atoms with Crippen LogP contribution in [0.3, 0.4) is 0 Å². The molecule has 0 fully saturated rings. The SMILES string of the molecule is Fc1cc(F)c2c(c1)CC(NCc1ccc(-c3ccc4nc[nH]c4c3)cc1F)C2. The van der Waals surface area contributed by atoms with Crippen molar-refractivity contribution in [3.8, 4) is 11.1 Å². The Morgan fingerprint density at radius 1 is 0.931 bits per heavy atom. The van der Waals surface area contributed by atoms with Crippen molar-refractivity contribution in [2.24, 2.45) is 0 Å². The lowest BCUT2D eigenvalue weighted by Crippen LogP contribution is -2.29. The van der Waals surface area contributed by atoms with Gasteiger partial charge in [-0.3, -0.25) is 0 Å². The highest BCUT2D eigenvalue weighted by Gasteiger charge is 2.25. The summed E-state index contributed by atoms with van der Waals surface area (Å²) in [4.78, 5) is 7.25. The van der Waals surface area contributed by atoms with Gasteiger partial charge in [0, 0.05) is 24.2 Å². The quantitative estimate of drug-likeness (QED) is 0.518. The van der Waals surface area contributed by atoms with E-state index in [1.54, 1.807) is 12.4 Å². The highest BCUT2D eigenvalue weighted by Crippen LogP contribution is 2.27. The molecule has 4 aromatic rings. The smallest absolute Gasteiger partial charge is 0.129 e. The fraction of sp³-hybridized carbons (Fsp3) is 0.174. The molecular formula is C23H18F3N3. The topological polar surface area (TPSA) is 40.7 Å². The van der Waals surface area contributed by atoms with E-state index >= 15 is 0 Å². The largest absolute Gasteiger partial charge is 0.345 e. The van der Waals surface area contributed by atoms with Gasteiger partial charge in [0.05, 0.1) is 17.4 Å². The zero-order valence-corrected chi connectivity index (χ0v) is 15.5. The maximum Gasteiger partial charge on any atom is 0.129 e. The number of hydrogen-bond acceptors (Lipinski definition) is 2. The van der Waals surface area contributed by atoms with E-state index in [0.717, 1.165) is 28.2 Å². The minimum absolute atomic E-state index is 0.0387. The molecule has 0 amide bonds. The van der Waals surface area contributed by atoms with Crippen LogP contribution in [0.5, 0.6) is 0 Å². The van der Waals surface area contributed by atoms with Gasteiger partial charge in [0.1, 0.15) is 17.5 Å². The number of H-pyrrole nitrogens is 1. The molecule has 3 nitrogen and oxygen atoms in total. The molecule has 0 aliphatic heterocycles. The standard InChI is InChI=1S/C23H18F3N3/c24-17-5-16-6-18(10-19(16)21(26)9-17)27-11-15-2-1-13(7-20(15)25)14-3-4-22-23(8-14)29-12-28-22/h1-5,7-9,12,18,27H,6,10-11H2,(H,28,29). The van der Waals surface area contributed by atoms with Crippen LogP contribution in [-0.2, 0) is 19.4 Å². The molecule has 5 rings (SSSR count). The molecule has 1 aliphatic carbocycles. The van der Waals surface area contributed by atoms with Gasteiger partial charge in [-0.2, -0.15) is 0 Å². The van der Waals surface area contributed by atoms with E-state index in [2.05, 4.69) is 15.3 Å². The lowest BCUT2D eigenvalue weighted by molar-refractivity contribution is 0.510. The summed E-state index contributed by atoms with van der Waals surface area (Å²) in [5.41, 5.74) is 5.23. The number of benzene rings is 3. The van der Waals surface area contributed by atoms with Gasteiger partial charge in [0.25, 0.3) is 0 Å². The van der Waals surface area contributed by atoms with E-state index in [0.29, 0.717) is 36.1 Å². The molecule has 1 aromatic heterocycles. The fourth-order valence-corrected chi connectivity index (χ4v) is 4.04. The Bertz CT molecular complexity index is 1220. The second-order valence-electron chi connectivity index (χ2n) is 7.45. The zero-order chi connectivity index (χ0) is 20.0. The van der Waals surface area contributed by atoms with Crippen molar-refractivity contribution in [1.29, 1.82) is 0 Å². The average molecular weight is 393 g/mol. The van der Waals surface area contributed by atoms with Gasteiger partial charge in [-0.15, -0.1) is 0 Å². The van der Waals surface area contributed by atoms with Gasteiger partial charge in [-0.25, -0.2) is 18.2 Å². The minimum Gasteiger partial charge on any atom is -0.345 e. The Balaban J connectivity index is 1.29. The third kappa shape index (κ3) is 3.40. The van der Waals surface area contributed by atoms with E-state index in [1.165, 1.54) is 12.1 Å². The van der Waals surface area contributed by atoms with E-state index in [4.69, 9.17) is 0 Å². The predicted molar refractivity (Wildman–Crippen MR) is 106 cm³/mol. The summed E-state index contributed by atoms with van der Waals surface area (Å²) in [6.45, 7) is 0.328. The summed E-state index contributed by atoms with van der Waals surface area (Å²) in [5.74, 6) is -1.36. The van der Waals surface area contributed by atoms with Crippen LogP contribution in [0.1, 0.15) is 16.7 Å². The van der Waals surface area contributed by atoms with E-state index < -0.39 is 11.6 Å². The van der Waals surface area contributed by atoms with Crippen LogP contribution < -0.4 is 5.32 Å². The van der Waals surface area contributed by atoms with Crippen molar-refractivity contribution in [3.05, 3.63) is 89.0 Å². The number of halogens is 3. The van der Waals surface area contributed by atoms with Crippen LogP contribution in [0, 0.1) is 17.5 Å². The maximum absolute atomic E-state index is 14.7. The van der Waals surface area contributed by atoms with Gasteiger partial charge in [-0.1, -0.05) is 18.2 Å².